The van der Waals surface area contributed by atoms with Crippen LogP contribution in [0.4, 0.5) is 0 Å². The lowest BCUT2D eigenvalue weighted by Gasteiger charge is -2.07. The summed E-state index contributed by atoms with van der Waals surface area (Å²) < 4.78 is 1.39. The molecule has 0 bridgehead atoms. The van der Waals surface area contributed by atoms with Gasteiger partial charge in [-0.2, -0.15) is 0 Å². The fourth-order valence-corrected chi connectivity index (χ4v) is 6.15. The van der Waals surface area contributed by atoms with Gasteiger partial charge in [0.05, 0.1) is 0 Å². The average Bonchev–Trinajstić information content (AvgIpc) is 3.32. The Labute approximate surface area is 165 Å². The van der Waals surface area contributed by atoms with Crippen molar-refractivity contribution in [2.75, 3.05) is 0 Å². The molecule has 6 aromatic rings. The molecule has 0 nitrogen and oxygen atoms in total. The van der Waals surface area contributed by atoms with Crippen LogP contribution < -0.4 is 0 Å². The van der Waals surface area contributed by atoms with E-state index in [0.717, 1.165) is 0 Å². The molecule has 0 atom stereocenters. The summed E-state index contributed by atoms with van der Waals surface area (Å²) in [6.07, 6.45) is 0. The second-order valence-corrected chi connectivity index (χ2v) is 9.43. The van der Waals surface area contributed by atoms with E-state index in [-0.39, 0.29) is 0 Å². The lowest BCUT2D eigenvalue weighted by atomic mass is 9.97. The maximum Gasteiger partial charge on any atom is 0.0455 e. The first-order valence-corrected chi connectivity index (χ1v) is 10.7. The Morgan fingerprint density at radius 2 is 1.30 bits per heavy atom. The van der Waals surface area contributed by atoms with Crippen LogP contribution in [0.15, 0.2) is 78.9 Å². The molecule has 27 heavy (non-hydrogen) atoms. The minimum atomic E-state index is 1.30. The molecular formula is C25H16S2. The highest BCUT2D eigenvalue weighted by molar-refractivity contribution is 7.26. The Kier molecular flexibility index (Phi) is 3.22. The lowest BCUT2D eigenvalue weighted by molar-refractivity contribution is 1.64. The second-order valence-electron chi connectivity index (χ2n) is 7.09. The number of fused-ring (bicyclic) bond motifs is 6. The minimum absolute atomic E-state index is 1.30. The Hall–Kier alpha value is -2.68. The summed E-state index contributed by atoms with van der Waals surface area (Å²) in [5.74, 6) is 0. The number of thiophene rings is 2. The van der Waals surface area contributed by atoms with Gasteiger partial charge in [-0.25, -0.2) is 0 Å². The van der Waals surface area contributed by atoms with E-state index in [1.807, 2.05) is 22.7 Å². The Morgan fingerprint density at radius 3 is 2.11 bits per heavy atom. The molecule has 6 rings (SSSR count). The molecule has 0 spiro atoms. The topological polar surface area (TPSA) is 0 Å². The third kappa shape index (κ3) is 2.34. The van der Waals surface area contributed by atoms with Crippen molar-refractivity contribution in [2.45, 2.75) is 6.92 Å². The van der Waals surface area contributed by atoms with Crippen molar-refractivity contribution < 1.29 is 0 Å². The summed E-state index contributed by atoms with van der Waals surface area (Å²) in [7, 11) is 0. The van der Waals surface area contributed by atoms with Crippen molar-refractivity contribution in [1.29, 1.82) is 0 Å². The molecule has 4 aromatic carbocycles. The van der Waals surface area contributed by atoms with Crippen molar-refractivity contribution in [1.82, 2.24) is 0 Å². The van der Waals surface area contributed by atoms with Crippen LogP contribution in [0.25, 0.3) is 52.2 Å². The number of hydrogen-bond acceptors (Lipinski definition) is 2. The average molecular weight is 381 g/mol. The largest absolute Gasteiger partial charge is 0.140 e. The molecule has 0 amide bonds. The van der Waals surface area contributed by atoms with E-state index in [2.05, 4.69) is 85.8 Å². The summed E-state index contributed by atoms with van der Waals surface area (Å²) in [5.41, 5.74) is 0. The van der Waals surface area contributed by atoms with Gasteiger partial charge in [-0.1, -0.05) is 48.5 Å². The zero-order valence-electron chi connectivity index (χ0n) is 14.8. The quantitative estimate of drug-likeness (QED) is 0.198. The van der Waals surface area contributed by atoms with Crippen molar-refractivity contribution in [3.63, 3.8) is 0 Å². The van der Waals surface area contributed by atoms with Gasteiger partial charge in [0.2, 0.25) is 0 Å². The van der Waals surface area contributed by atoms with Gasteiger partial charge in [-0.05, 0) is 69.6 Å². The number of rotatable bonds is 1. The number of aryl methyl sites for hydroxylation is 1. The molecule has 0 unspecified atom stereocenters. The Bertz CT molecular complexity index is 1480. The summed E-state index contributed by atoms with van der Waals surface area (Å²) in [6.45, 7) is 2.17. The summed E-state index contributed by atoms with van der Waals surface area (Å²) in [5, 5.41) is 9.31. The normalized spacial score (nSPS) is 11.9. The highest BCUT2D eigenvalue weighted by Crippen LogP contribution is 2.41. The number of benzene rings is 4. The van der Waals surface area contributed by atoms with Gasteiger partial charge in [0.15, 0.2) is 0 Å². The summed E-state index contributed by atoms with van der Waals surface area (Å²) in [6, 6.07) is 29.2. The molecule has 0 aliphatic carbocycles. The molecule has 128 valence electrons. The highest BCUT2D eigenvalue weighted by Gasteiger charge is 2.11. The molecule has 0 radical (unpaired) electrons. The van der Waals surface area contributed by atoms with E-state index in [1.165, 1.54) is 57.0 Å². The molecule has 2 heteroatoms. The SMILES string of the molecule is Cc1ccc(-c2cc3ccc4c5cc6ccccc6cc5ccc4c3s2)s1. The van der Waals surface area contributed by atoms with Gasteiger partial charge in [-0.3, -0.25) is 0 Å². The van der Waals surface area contributed by atoms with Gasteiger partial charge in [-0.15, -0.1) is 22.7 Å². The Balaban J connectivity index is 1.68. The molecule has 0 fully saturated rings. The first-order chi connectivity index (χ1) is 13.3. The molecular weight excluding hydrogens is 364 g/mol. The lowest BCUT2D eigenvalue weighted by Crippen LogP contribution is -1.80. The van der Waals surface area contributed by atoms with E-state index >= 15 is 0 Å². The first kappa shape index (κ1) is 15.4. The van der Waals surface area contributed by atoms with E-state index in [9.17, 15) is 0 Å². The standard InChI is InChI=1S/C25H16S2/c1-15-6-11-23(26-15)24-14-19-8-9-20-21(25(19)27-24)10-7-18-12-16-4-2-3-5-17(16)13-22(18)20/h2-14H,1H3. The van der Waals surface area contributed by atoms with Crippen molar-refractivity contribution >= 4 is 65.1 Å². The molecule has 0 aliphatic rings. The van der Waals surface area contributed by atoms with Crippen molar-refractivity contribution in [2.24, 2.45) is 0 Å². The van der Waals surface area contributed by atoms with Crippen LogP contribution in [0.2, 0.25) is 0 Å². The van der Waals surface area contributed by atoms with Crippen molar-refractivity contribution in [3.05, 3.63) is 83.7 Å². The van der Waals surface area contributed by atoms with Crippen LogP contribution in [0.1, 0.15) is 4.88 Å². The van der Waals surface area contributed by atoms with Crippen LogP contribution in [-0.4, -0.2) is 0 Å². The van der Waals surface area contributed by atoms with Crippen LogP contribution in [0, 0.1) is 6.92 Å². The molecule has 0 aliphatic heterocycles. The molecule has 0 saturated heterocycles. The van der Waals surface area contributed by atoms with E-state index in [0.29, 0.717) is 0 Å². The van der Waals surface area contributed by atoms with Crippen LogP contribution in [0.5, 0.6) is 0 Å². The second kappa shape index (κ2) is 5.66. The van der Waals surface area contributed by atoms with E-state index < -0.39 is 0 Å². The zero-order valence-corrected chi connectivity index (χ0v) is 16.5. The van der Waals surface area contributed by atoms with E-state index in [4.69, 9.17) is 0 Å². The van der Waals surface area contributed by atoms with Crippen LogP contribution in [-0.2, 0) is 0 Å². The summed E-state index contributed by atoms with van der Waals surface area (Å²) in [4.78, 5) is 4.10. The van der Waals surface area contributed by atoms with Crippen LogP contribution >= 0.6 is 22.7 Å². The molecule has 0 saturated carbocycles. The maximum absolute atomic E-state index is 2.34. The predicted molar refractivity (Wildman–Crippen MR) is 122 cm³/mol. The third-order valence-electron chi connectivity index (χ3n) is 5.35. The fourth-order valence-electron chi connectivity index (χ4n) is 4.02. The smallest absolute Gasteiger partial charge is 0.0455 e. The summed E-state index contributed by atoms with van der Waals surface area (Å²) >= 11 is 3.79. The van der Waals surface area contributed by atoms with Crippen LogP contribution in [0.3, 0.4) is 0 Å². The predicted octanol–water partition coefficient (Wildman–Crippen LogP) is 8.40. The highest BCUT2D eigenvalue weighted by atomic mass is 32.1. The van der Waals surface area contributed by atoms with Gasteiger partial charge in [0.1, 0.15) is 0 Å². The van der Waals surface area contributed by atoms with Gasteiger partial charge in [0, 0.05) is 24.7 Å². The van der Waals surface area contributed by atoms with Crippen molar-refractivity contribution in [3.8, 4) is 9.75 Å². The first-order valence-electron chi connectivity index (χ1n) is 9.11. The Morgan fingerprint density at radius 1 is 0.519 bits per heavy atom. The molecule has 2 aromatic heterocycles. The van der Waals surface area contributed by atoms with Gasteiger partial charge >= 0.3 is 0 Å². The maximum atomic E-state index is 2.34. The molecule has 2 heterocycles. The van der Waals surface area contributed by atoms with Gasteiger partial charge < -0.3 is 0 Å². The van der Waals surface area contributed by atoms with E-state index in [1.54, 1.807) is 0 Å². The third-order valence-corrected chi connectivity index (χ3v) is 7.73. The minimum Gasteiger partial charge on any atom is -0.140 e. The fraction of sp³-hybridized carbons (Fsp3) is 0.0400. The molecule has 0 N–H and O–H groups in total. The number of hydrogen-bond donors (Lipinski definition) is 0. The van der Waals surface area contributed by atoms with Gasteiger partial charge in [0.25, 0.3) is 0 Å². The zero-order chi connectivity index (χ0) is 18.0. The monoisotopic (exact) mass is 380 g/mol.